The average Bonchev–Trinajstić information content (AvgIpc) is 3.29. The number of aromatic nitrogens is 3. The number of likely N-dealkylation sites (tertiary alicyclic amines) is 1. The molecule has 6 heteroatoms. The normalized spacial score (nSPS) is 17.8. The monoisotopic (exact) mass is 341 g/mol. The van der Waals surface area contributed by atoms with E-state index >= 15 is 0 Å². The Balaban J connectivity index is 1.68. The maximum Gasteiger partial charge on any atom is 0.251 e. The number of benzene rings is 1. The fourth-order valence-electron chi connectivity index (χ4n) is 3.52. The topological polar surface area (TPSA) is 63.1 Å². The second kappa shape index (κ2) is 8.25. The molecule has 0 radical (unpaired) electrons. The summed E-state index contributed by atoms with van der Waals surface area (Å²) in [5.41, 5.74) is 1.60. The van der Waals surface area contributed by atoms with Crippen molar-refractivity contribution in [1.29, 1.82) is 0 Å². The Hall–Kier alpha value is -2.21. The fraction of sp³-hybridized carbons (Fsp3) is 0.526. The first-order valence-corrected chi connectivity index (χ1v) is 9.23. The van der Waals surface area contributed by atoms with Gasteiger partial charge in [0.1, 0.15) is 6.33 Å². The predicted octanol–water partition coefficient (Wildman–Crippen LogP) is 2.57. The van der Waals surface area contributed by atoms with Crippen molar-refractivity contribution in [3.63, 3.8) is 0 Å². The highest BCUT2D eigenvalue weighted by Gasteiger charge is 2.23. The Morgan fingerprint density at radius 2 is 2.24 bits per heavy atom. The van der Waals surface area contributed by atoms with Crippen molar-refractivity contribution in [3.8, 4) is 11.4 Å². The van der Waals surface area contributed by atoms with Crippen LogP contribution in [0.2, 0.25) is 0 Å². The van der Waals surface area contributed by atoms with Crippen molar-refractivity contribution in [2.45, 2.75) is 45.7 Å². The first-order chi connectivity index (χ1) is 12.2. The molecule has 1 amide bonds. The summed E-state index contributed by atoms with van der Waals surface area (Å²) in [6.45, 7) is 8.00. The van der Waals surface area contributed by atoms with Crippen LogP contribution in [0.1, 0.15) is 43.5 Å². The van der Waals surface area contributed by atoms with E-state index in [4.69, 9.17) is 0 Å². The van der Waals surface area contributed by atoms with Gasteiger partial charge in [0.15, 0.2) is 5.82 Å². The van der Waals surface area contributed by atoms with Crippen LogP contribution in [0.4, 0.5) is 0 Å². The molecular formula is C19H27N5O. The molecule has 1 aromatic carbocycles. The van der Waals surface area contributed by atoms with Crippen molar-refractivity contribution in [2.24, 2.45) is 0 Å². The lowest BCUT2D eigenvalue weighted by atomic mass is 10.1. The summed E-state index contributed by atoms with van der Waals surface area (Å²) >= 11 is 0. The molecule has 3 rings (SSSR count). The lowest BCUT2D eigenvalue weighted by molar-refractivity contribution is 0.0941. The molecule has 0 saturated carbocycles. The number of nitrogens with one attached hydrogen (secondary N) is 1. The molecule has 1 fully saturated rings. The number of hydrogen-bond acceptors (Lipinski definition) is 4. The molecule has 0 aliphatic carbocycles. The van der Waals surface area contributed by atoms with Gasteiger partial charge in [0.25, 0.3) is 5.91 Å². The largest absolute Gasteiger partial charge is 0.350 e. The van der Waals surface area contributed by atoms with Crippen LogP contribution >= 0.6 is 0 Å². The van der Waals surface area contributed by atoms with Crippen LogP contribution in [0.25, 0.3) is 11.4 Å². The second-order valence-electron chi connectivity index (χ2n) is 6.52. The molecule has 2 heterocycles. The minimum Gasteiger partial charge on any atom is -0.350 e. The van der Waals surface area contributed by atoms with Crippen molar-refractivity contribution in [1.82, 2.24) is 25.0 Å². The van der Waals surface area contributed by atoms with Crippen LogP contribution in [-0.4, -0.2) is 51.2 Å². The highest BCUT2D eigenvalue weighted by molar-refractivity contribution is 5.95. The van der Waals surface area contributed by atoms with Gasteiger partial charge in [0.05, 0.1) is 0 Å². The third-order valence-corrected chi connectivity index (χ3v) is 4.84. The Labute approximate surface area is 149 Å². The molecule has 1 unspecified atom stereocenters. The summed E-state index contributed by atoms with van der Waals surface area (Å²) in [5, 5.41) is 7.36. The molecular weight excluding hydrogens is 314 g/mol. The Morgan fingerprint density at radius 3 is 3.04 bits per heavy atom. The van der Waals surface area contributed by atoms with Crippen LogP contribution in [0.3, 0.4) is 0 Å². The van der Waals surface area contributed by atoms with Gasteiger partial charge in [-0.3, -0.25) is 9.69 Å². The van der Waals surface area contributed by atoms with Gasteiger partial charge in [-0.25, -0.2) is 9.67 Å². The molecule has 0 spiro atoms. The standard InChI is InChI=1S/C19H27N5O/c1-3-10-24-18(21-14-22-24)15-7-5-8-16(12-15)19(25)20-13-17-9-6-11-23(17)4-2/h5,7-8,12,14,17H,3-4,6,9-11,13H2,1-2H3,(H,20,25). The summed E-state index contributed by atoms with van der Waals surface area (Å²) in [6.07, 6.45) is 4.94. The Morgan fingerprint density at radius 1 is 1.36 bits per heavy atom. The van der Waals surface area contributed by atoms with Gasteiger partial charge in [-0.15, -0.1) is 0 Å². The molecule has 1 saturated heterocycles. The Bertz CT molecular complexity index is 711. The van der Waals surface area contributed by atoms with Gasteiger partial charge >= 0.3 is 0 Å². The molecule has 25 heavy (non-hydrogen) atoms. The van der Waals surface area contributed by atoms with E-state index in [2.05, 4.69) is 34.1 Å². The molecule has 1 aliphatic rings. The van der Waals surface area contributed by atoms with E-state index in [1.807, 2.05) is 28.9 Å². The highest BCUT2D eigenvalue weighted by Crippen LogP contribution is 2.19. The van der Waals surface area contributed by atoms with E-state index in [1.54, 1.807) is 6.33 Å². The molecule has 2 aromatic rings. The molecule has 1 aromatic heterocycles. The fourth-order valence-corrected chi connectivity index (χ4v) is 3.52. The van der Waals surface area contributed by atoms with Gasteiger partial charge < -0.3 is 5.32 Å². The SMILES string of the molecule is CCCn1ncnc1-c1cccc(C(=O)NCC2CCCN2CC)c1. The number of aryl methyl sites for hydroxylation is 1. The minimum atomic E-state index is -0.0219. The number of carbonyl (C=O) groups is 1. The molecule has 6 nitrogen and oxygen atoms in total. The maximum atomic E-state index is 12.6. The van der Waals surface area contributed by atoms with E-state index in [9.17, 15) is 4.79 Å². The van der Waals surface area contributed by atoms with Crippen LogP contribution < -0.4 is 5.32 Å². The van der Waals surface area contributed by atoms with Crippen molar-refractivity contribution >= 4 is 5.91 Å². The van der Waals surface area contributed by atoms with Crippen molar-refractivity contribution < 1.29 is 4.79 Å². The summed E-state index contributed by atoms with van der Waals surface area (Å²) < 4.78 is 1.88. The number of likely N-dealkylation sites (N-methyl/N-ethyl adjacent to an activating group) is 1. The third kappa shape index (κ3) is 4.07. The van der Waals surface area contributed by atoms with E-state index in [-0.39, 0.29) is 5.91 Å². The number of rotatable bonds is 7. The minimum absolute atomic E-state index is 0.0219. The molecule has 1 atom stereocenters. The van der Waals surface area contributed by atoms with E-state index in [0.717, 1.165) is 43.9 Å². The average molecular weight is 341 g/mol. The third-order valence-electron chi connectivity index (χ3n) is 4.84. The number of hydrogen-bond donors (Lipinski definition) is 1. The zero-order valence-corrected chi connectivity index (χ0v) is 15.1. The Kier molecular flexibility index (Phi) is 5.81. The zero-order chi connectivity index (χ0) is 17.6. The first-order valence-electron chi connectivity index (χ1n) is 9.23. The van der Waals surface area contributed by atoms with E-state index in [0.29, 0.717) is 18.2 Å². The second-order valence-corrected chi connectivity index (χ2v) is 6.52. The summed E-state index contributed by atoms with van der Waals surface area (Å²) in [7, 11) is 0. The van der Waals surface area contributed by atoms with Gasteiger partial charge in [0, 0.05) is 30.3 Å². The van der Waals surface area contributed by atoms with Crippen LogP contribution in [0, 0.1) is 0 Å². The first kappa shape index (κ1) is 17.6. The molecule has 1 N–H and O–H groups in total. The van der Waals surface area contributed by atoms with Gasteiger partial charge in [-0.1, -0.05) is 26.0 Å². The lowest BCUT2D eigenvalue weighted by Gasteiger charge is -2.22. The molecule has 1 aliphatic heterocycles. The van der Waals surface area contributed by atoms with Crippen LogP contribution in [0.5, 0.6) is 0 Å². The summed E-state index contributed by atoms with van der Waals surface area (Å²) in [5.74, 6) is 0.788. The molecule has 0 bridgehead atoms. The number of nitrogens with zero attached hydrogens (tertiary/aromatic N) is 4. The zero-order valence-electron chi connectivity index (χ0n) is 15.1. The summed E-state index contributed by atoms with van der Waals surface area (Å²) in [6, 6.07) is 8.10. The van der Waals surface area contributed by atoms with Crippen LogP contribution in [-0.2, 0) is 6.54 Å². The molecule has 134 valence electrons. The highest BCUT2D eigenvalue weighted by atomic mass is 16.1. The predicted molar refractivity (Wildman–Crippen MR) is 98.4 cm³/mol. The van der Waals surface area contributed by atoms with Crippen molar-refractivity contribution in [2.75, 3.05) is 19.6 Å². The maximum absolute atomic E-state index is 12.6. The van der Waals surface area contributed by atoms with Crippen LogP contribution in [0.15, 0.2) is 30.6 Å². The lowest BCUT2D eigenvalue weighted by Crippen LogP contribution is -2.40. The van der Waals surface area contributed by atoms with Gasteiger partial charge in [-0.2, -0.15) is 5.10 Å². The van der Waals surface area contributed by atoms with Gasteiger partial charge in [0.2, 0.25) is 0 Å². The number of carbonyl (C=O) groups excluding carboxylic acids is 1. The van der Waals surface area contributed by atoms with Crippen molar-refractivity contribution in [3.05, 3.63) is 36.2 Å². The van der Waals surface area contributed by atoms with E-state index in [1.165, 1.54) is 6.42 Å². The van der Waals surface area contributed by atoms with Gasteiger partial charge in [-0.05, 0) is 44.5 Å². The number of amides is 1. The van der Waals surface area contributed by atoms with E-state index < -0.39 is 0 Å². The summed E-state index contributed by atoms with van der Waals surface area (Å²) in [4.78, 5) is 19.3. The quantitative estimate of drug-likeness (QED) is 0.841. The smallest absolute Gasteiger partial charge is 0.251 e.